The van der Waals surface area contributed by atoms with Gasteiger partial charge in [0.05, 0.1) is 5.69 Å². The van der Waals surface area contributed by atoms with Gasteiger partial charge in [0, 0.05) is 16.9 Å². The highest BCUT2D eigenvalue weighted by Gasteiger charge is 2.26. The first-order valence-electron chi connectivity index (χ1n) is 8.18. The highest BCUT2D eigenvalue weighted by molar-refractivity contribution is 7.14. The van der Waals surface area contributed by atoms with Crippen LogP contribution in [-0.4, -0.2) is 10.9 Å². The van der Waals surface area contributed by atoms with Crippen LogP contribution in [0.4, 0.5) is 5.13 Å². The van der Waals surface area contributed by atoms with E-state index in [4.69, 9.17) is 0 Å². The second-order valence-electron chi connectivity index (χ2n) is 6.13. The molecule has 0 unspecified atom stereocenters. The monoisotopic (exact) mass is 334 g/mol. The van der Waals surface area contributed by atoms with Crippen LogP contribution in [0.5, 0.6) is 0 Å². The quantitative estimate of drug-likeness (QED) is 0.724. The van der Waals surface area contributed by atoms with Gasteiger partial charge in [0.2, 0.25) is 0 Å². The van der Waals surface area contributed by atoms with Crippen molar-refractivity contribution in [2.24, 2.45) is 0 Å². The molecule has 1 amide bonds. The third-order valence-electron chi connectivity index (χ3n) is 4.24. The van der Waals surface area contributed by atoms with Gasteiger partial charge in [-0.1, -0.05) is 48.5 Å². The van der Waals surface area contributed by atoms with Crippen molar-refractivity contribution in [3.63, 3.8) is 0 Å². The highest BCUT2D eigenvalue weighted by Crippen LogP contribution is 2.40. The summed E-state index contributed by atoms with van der Waals surface area (Å²) in [6.07, 6.45) is 3.18. The van der Waals surface area contributed by atoms with E-state index in [9.17, 15) is 4.79 Å². The Kier molecular flexibility index (Phi) is 4.13. The molecule has 3 nitrogen and oxygen atoms in total. The Labute approximate surface area is 145 Å². The van der Waals surface area contributed by atoms with Gasteiger partial charge in [-0.05, 0) is 36.5 Å². The minimum absolute atomic E-state index is 0.0850. The number of nitrogens with zero attached hydrogens (tertiary/aromatic N) is 1. The summed E-state index contributed by atoms with van der Waals surface area (Å²) in [6, 6.07) is 18.0. The zero-order chi connectivity index (χ0) is 16.4. The number of aromatic nitrogens is 1. The number of anilines is 1. The number of hydrogen-bond donors (Lipinski definition) is 1. The van der Waals surface area contributed by atoms with E-state index in [1.54, 1.807) is 0 Å². The summed E-state index contributed by atoms with van der Waals surface area (Å²) in [4.78, 5) is 17.2. The molecule has 1 aliphatic rings. The highest BCUT2D eigenvalue weighted by atomic mass is 32.1. The smallest absolute Gasteiger partial charge is 0.257 e. The molecule has 1 aromatic heterocycles. The zero-order valence-electron chi connectivity index (χ0n) is 13.2. The van der Waals surface area contributed by atoms with Crippen LogP contribution in [0.3, 0.4) is 0 Å². The van der Waals surface area contributed by atoms with Gasteiger partial charge in [0.25, 0.3) is 5.91 Å². The molecule has 4 rings (SSSR count). The van der Waals surface area contributed by atoms with Crippen LogP contribution in [0.2, 0.25) is 0 Å². The third kappa shape index (κ3) is 3.39. The molecule has 0 saturated heterocycles. The summed E-state index contributed by atoms with van der Waals surface area (Å²) in [5.74, 6) is 0.524. The van der Waals surface area contributed by atoms with Crippen LogP contribution in [-0.2, 0) is 6.42 Å². The lowest BCUT2D eigenvalue weighted by molar-refractivity contribution is 0.102. The van der Waals surface area contributed by atoms with E-state index in [1.165, 1.54) is 29.7 Å². The molecule has 0 bridgehead atoms. The topological polar surface area (TPSA) is 42.0 Å². The number of carbonyl (C=O) groups is 1. The molecule has 0 spiro atoms. The van der Waals surface area contributed by atoms with Crippen LogP contribution in [0.15, 0.2) is 60.0 Å². The summed E-state index contributed by atoms with van der Waals surface area (Å²) in [6.45, 7) is 0. The van der Waals surface area contributed by atoms with Gasteiger partial charge in [0.1, 0.15) is 0 Å². The summed E-state index contributed by atoms with van der Waals surface area (Å²) in [5.41, 5.74) is 4.06. The van der Waals surface area contributed by atoms with Gasteiger partial charge in [-0.2, -0.15) is 0 Å². The Bertz CT molecular complexity index is 853. The maximum atomic E-state index is 12.7. The van der Waals surface area contributed by atoms with E-state index < -0.39 is 0 Å². The molecule has 2 aromatic carbocycles. The van der Waals surface area contributed by atoms with Gasteiger partial charge >= 0.3 is 0 Å². The molecule has 4 heteroatoms. The number of hydrogen-bond acceptors (Lipinski definition) is 3. The number of benzene rings is 2. The number of rotatable bonds is 5. The van der Waals surface area contributed by atoms with Crippen molar-refractivity contribution in [1.29, 1.82) is 0 Å². The van der Waals surface area contributed by atoms with Crippen LogP contribution >= 0.6 is 11.3 Å². The van der Waals surface area contributed by atoms with E-state index in [1.807, 2.05) is 42.5 Å². The fourth-order valence-electron chi connectivity index (χ4n) is 2.79. The maximum Gasteiger partial charge on any atom is 0.257 e. The molecule has 1 aliphatic carbocycles. The molecular weight excluding hydrogens is 316 g/mol. The van der Waals surface area contributed by atoms with Gasteiger partial charge in [0.15, 0.2) is 5.13 Å². The first-order valence-corrected chi connectivity index (χ1v) is 9.06. The van der Waals surface area contributed by atoms with Crippen molar-refractivity contribution in [3.8, 4) is 0 Å². The molecule has 1 N–H and O–H groups in total. The van der Waals surface area contributed by atoms with Crippen molar-refractivity contribution < 1.29 is 4.79 Å². The average Bonchev–Trinajstić information content (AvgIpc) is 3.36. The molecular formula is C20H18N2OS. The van der Waals surface area contributed by atoms with E-state index >= 15 is 0 Å². The van der Waals surface area contributed by atoms with Crippen LogP contribution in [0, 0.1) is 0 Å². The lowest BCUT2D eigenvalue weighted by Crippen LogP contribution is -2.14. The largest absolute Gasteiger partial charge is 0.298 e. The molecule has 120 valence electrons. The molecule has 1 heterocycles. The maximum absolute atomic E-state index is 12.7. The fraction of sp³-hybridized carbons (Fsp3) is 0.200. The lowest BCUT2D eigenvalue weighted by atomic mass is 9.99. The van der Waals surface area contributed by atoms with Crippen molar-refractivity contribution in [1.82, 2.24) is 4.98 Å². The summed E-state index contributed by atoms with van der Waals surface area (Å²) < 4.78 is 0. The molecule has 1 saturated carbocycles. The average molecular weight is 334 g/mol. The van der Waals surface area contributed by atoms with Crippen molar-refractivity contribution in [2.75, 3.05) is 5.32 Å². The summed E-state index contributed by atoms with van der Waals surface area (Å²) >= 11 is 1.51. The summed E-state index contributed by atoms with van der Waals surface area (Å²) in [7, 11) is 0. The summed E-state index contributed by atoms with van der Waals surface area (Å²) in [5, 5.41) is 5.71. The number of carbonyl (C=O) groups excluding carboxylic acids is 1. The van der Waals surface area contributed by atoms with E-state index in [-0.39, 0.29) is 5.91 Å². The Morgan fingerprint density at radius 2 is 1.83 bits per heavy atom. The van der Waals surface area contributed by atoms with E-state index in [0.29, 0.717) is 16.6 Å². The lowest BCUT2D eigenvalue weighted by Gasteiger charge is -2.09. The molecule has 0 radical (unpaired) electrons. The van der Waals surface area contributed by atoms with Crippen LogP contribution in [0.25, 0.3) is 0 Å². The zero-order valence-corrected chi connectivity index (χ0v) is 14.1. The van der Waals surface area contributed by atoms with Crippen LogP contribution in [0.1, 0.15) is 45.9 Å². The number of nitrogens with one attached hydrogen (secondary N) is 1. The normalized spacial score (nSPS) is 13.7. The standard InChI is InChI=1S/C20H18N2OS/c23-19(22-20-21-18(13-24-20)15-10-11-15)17-9-5-4-8-16(17)12-14-6-2-1-3-7-14/h1-9,13,15H,10-12H2,(H,21,22,23). The Morgan fingerprint density at radius 3 is 2.62 bits per heavy atom. The number of thiazole rings is 1. The number of amides is 1. The Balaban J connectivity index is 1.53. The SMILES string of the molecule is O=C(Nc1nc(C2CC2)cs1)c1ccccc1Cc1ccccc1. The van der Waals surface area contributed by atoms with Gasteiger partial charge < -0.3 is 0 Å². The van der Waals surface area contributed by atoms with Crippen molar-refractivity contribution in [3.05, 3.63) is 82.4 Å². The van der Waals surface area contributed by atoms with Crippen molar-refractivity contribution >= 4 is 22.4 Å². The molecule has 1 fully saturated rings. The predicted molar refractivity (Wildman–Crippen MR) is 97.7 cm³/mol. The van der Waals surface area contributed by atoms with E-state index in [0.717, 1.165) is 17.7 Å². The van der Waals surface area contributed by atoms with E-state index in [2.05, 4.69) is 27.8 Å². The Morgan fingerprint density at radius 1 is 1.08 bits per heavy atom. The second kappa shape index (κ2) is 6.57. The molecule has 3 aromatic rings. The Hall–Kier alpha value is -2.46. The first-order chi connectivity index (χ1) is 11.8. The first kappa shape index (κ1) is 15.1. The van der Waals surface area contributed by atoms with Gasteiger partial charge in [-0.15, -0.1) is 11.3 Å². The molecule has 24 heavy (non-hydrogen) atoms. The van der Waals surface area contributed by atoms with Crippen LogP contribution < -0.4 is 5.32 Å². The predicted octanol–water partition coefficient (Wildman–Crippen LogP) is 4.86. The fourth-order valence-corrected chi connectivity index (χ4v) is 3.57. The minimum atomic E-state index is -0.0850. The van der Waals surface area contributed by atoms with Gasteiger partial charge in [-0.25, -0.2) is 4.98 Å². The van der Waals surface area contributed by atoms with Crippen molar-refractivity contribution in [2.45, 2.75) is 25.2 Å². The minimum Gasteiger partial charge on any atom is -0.298 e. The second-order valence-corrected chi connectivity index (χ2v) is 6.98. The molecule has 0 atom stereocenters. The molecule has 0 aliphatic heterocycles. The van der Waals surface area contributed by atoms with Gasteiger partial charge in [-0.3, -0.25) is 10.1 Å². The third-order valence-corrected chi connectivity index (χ3v) is 5.01.